The summed E-state index contributed by atoms with van der Waals surface area (Å²) in [5.74, 6) is 0.630. The van der Waals surface area contributed by atoms with Gasteiger partial charge in [0.2, 0.25) is 0 Å². The normalized spacial score (nSPS) is 13.0. The molecule has 0 amide bonds. The van der Waals surface area contributed by atoms with Crippen LogP contribution >= 0.6 is 0 Å². The first-order chi connectivity index (χ1) is 11.7. The monoisotopic (exact) mass is 330 g/mol. The van der Waals surface area contributed by atoms with Crippen molar-refractivity contribution in [3.05, 3.63) is 63.7 Å². The number of rotatable bonds is 6. The minimum Gasteiger partial charge on any atom is -0.467 e. The number of benzene rings is 2. The Labute approximate surface area is 139 Å². The summed E-state index contributed by atoms with van der Waals surface area (Å²) in [6, 6.07) is 12.6. The molecule has 0 atom stereocenters. The number of nitro groups is 1. The van der Waals surface area contributed by atoms with E-state index in [4.69, 9.17) is 9.47 Å². The molecule has 0 fully saturated rings. The van der Waals surface area contributed by atoms with E-state index in [1.54, 1.807) is 0 Å². The van der Waals surface area contributed by atoms with Gasteiger partial charge in [-0.1, -0.05) is 18.2 Å². The lowest BCUT2D eigenvalue weighted by Gasteiger charge is -2.27. The maximum atomic E-state index is 11.2. The zero-order chi connectivity index (χ0) is 16.9. The van der Waals surface area contributed by atoms with Crippen LogP contribution in [0, 0.1) is 10.1 Å². The fourth-order valence-corrected chi connectivity index (χ4v) is 2.77. The van der Waals surface area contributed by atoms with Gasteiger partial charge in [-0.25, -0.2) is 0 Å². The van der Waals surface area contributed by atoms with Gasteiger partial charge in [-0.3, -0.25) is 10.1 Å². The molecule has 1 aliphatic rings. The average molecular weight is 330 g/mol. The van der Waals surface area contributed by atoms with Crippen LogP contribution in [0.4, 0.5) is 11.4 Å². The largest absolute Gasteiger partial charge is 0.467 e. The molecule has 126 valence electrons. The SMILES string of the molecule is O=[N+]([O-])c1cc2c(c(CN(CCO)c3ccccc3)c1)OCOC2. The van der Waals surface area contributed by atoms with Crippen molar-refractivity contribution in [2.45, 2.75) is 13.2 Å². The van der Waals surface area contributed by atoms with Gasteiger partial charge < -0.3 is 19.5 Å². The van der Waals surface area contributed by atoms with Crippen molar-refractivity contribution in [1.82, 2.24) is 0 Å². The molecule has 7 heteroatoms. The molecule has 0 unspecified atom stereocenters. The molecule has 0 spiro atoms. The van der Waals surface area contributed by atoms with Crippen LogP contribution in [-0.4, -0.2) is 30.0 Å². The lowest BCUT2D eigenvalue weighted by Crippen LogP contribution is -2.27. The number of nitrogens with zero attached hydrogens (tertiary/aromatic N) is 2. The molecule has 1 N–H and O–H groups in total. The second-order valence-electron chi connectivity index (χ2n) is 5.44. The van der Waals surface area contributed by atoms with Crippen LogP contribution in [0.25, 0.3) is 0 Å². The summed E-state index contributed by atoms with van der Waals surface area (Å²) in [6.07, 6.45) is 0. The minimum atomic E-state index is -0.419. The van der Waals surface area contributed by atoms with Gasteiger partial charge in [-0.2, -0.15) is 0 Å². The van der Waals surface area contributed by atoms with Crippen LogP contribution in [0.5, 0.6) is 5.75 Å². The summed E-state index contributed by atoms with van der Waals surface area (Å²) in [5, 5.41) is 20.5. The van der Waals surface area contributed by atoms with E-state index >= 15 is 0 Å². The molecule has 1 aliphatic heterocycles. The number of aliphatic hydroxyl groups excluding tert-OH is 1. The molecule has 7 nitrogen and oxygen atoms in total. The van der Waals surface area contributed by atoms with E-state index in [0.29, 0.717) is 30.0 Å². The lowest BCUT2D eigenvalue weighted by molar-refractivity contribution is -0.385. The molecule has 0 aliphatic carbocycles. The standard InChI is InChI=1S/C17H18N2O5/c20-7-6-18(15-4-2-1-3-5-15)10-13-8-16(19(21)22)9-14-11-23-12-24-17(13)14/h1-5,8-9,20H,6-7,10-12H2. The van der Waals surface area contributed by atoms with E-state index in [9.17, 15) is 15.2 Å². The maximum Gasteiger partial charge on any atom is 0.270 e. The molecule has 0 saturated heterocycles. The van der Waals surface area contributed by atoms with Crippen LogP contribution in [-0.2, 0) is 17.9 Å². The highest BCUT2D eigenvalue weighted by molar-refractivity contribution is 5.54. The zero-order valence-corrected chi connectivity index (χ0v) is 13.1. The molecule has 3 rings (SSSR count). The van der Waals surface area contributed by atoms with Crippen molar-refractivity contribution in [2.24, 2.45) is 0 Å². The van der Waals surface area contributed by atoms with Gasteiger partial charge in [0.25, 0.3) is 5.69 Å². The minimum absolute atomic E-state index is 0.00913. The lowest BCUT2D eigenvalue weighted by atomic mass is 10.1. The first-order valence-corrected chi connectivity index (χ1v) is 7.60. The molecule has 0 aromatic heterocycles. The number of nitro benzene ring substituents is 1. The fourth-order valence-electron chi connectivity index (χ4n) is 2.77. The second-order valence-corrected chi connectivity index (χ2v) is 5.44. The third-order valence-electron chi connectivity index (χ3n) is 3.83. The Morgan fingerprint density at radius 3 is 2.75 bits per heavy atom. The number of non-ortho nitro benzene ring substituents is 1. The molecular weight excluding hydrogens is 312 g/mol. The van der Waals surface area contributed by atoms with Gasteiger partial charge in [0, 0.05) is 42.0 Å². The quantitative estimate of drug-likeness (QED) is 0.647. The topological polar surface area (TPSA) is 85.1 Å². The fraction of sp³-hybridized carbons (Fsp3) is 0.294. The number of fused-ring (bicyclic) bond motifs is 1. The predicted octanol–water partition coefficient (Wildman–Crippen LogP) is 2.46. The molecule has 1 heterocycles. The summed E-state index contributed by atoms with van der Waals surface area (Å²) in [5.41, 5.74) is 2.32. The first-order valence-electron chi connectivity index (χ1n) is 7.60. The molecule has 0 bridgehead atoms. The van der Waals surface area contributed by atoms with Crippen molar-refractivity contribution < 1.29 is 19.5 Å². The highest BCUT2D eigenvalue weighted by atomic mass is 16.7. The number of para-hydroxylation sites is 1. The molecule has 0 saturated carbocycles. The van der Waals surface area contributed by atoms with E-state index in [1.807, 2.05) is 35.2 Å². The van der Waals surface area contributed by atoms with Crippen LogP contribution in [0.2, 0.25) is 0 Å². The zero-order valence-electron chi connectivity index (χ0n) is 13.1. The second kappa shape index (κ2) is 7.29. The van der Waals surface area contributed by atoms with Gasteiger partial charge in [-0.15, -0.1) is 0 Å². The number of aliphatic hydroxyl groups is 1. The molecule has 2 aromatic carbocycles. The van der Waals surface area contributed by atoms with Crippen molar-refractivity contribution >= 4 is 11.4 Å². The Balaban J connectivity index is 1.97. The maximum absolute atomic E-state index is 11.2. The van der Waals surface area contributed by atoms with Crippen LogP contribution in [0.15, 0.2) is 42.5 Å². The molecule has 24 heavy (non-hydrogen) atoms. The Kier molecular flexibility index (Phi) is 4.93. The Hall–Kier alpha value is -2.64. The Bertz CT molecular complexity index is 720. The third-order valence-corrected chi connectivity index (χ3v) is 3.83. The average Bonchev–Trinajstić information content (AvgIpc) is 2.62. The Morgan fingerprint density at radius 2 is 2.04 bits per heavy atom. The Morgan fingerprint density at radius 1 is 1.25 bits per heavy atom. The van der Waals surface area contributed by atoms with Crippen molar-refractivity contribution in [3.63, 3.8) is 0 Å². The molecular formula is C17H18N2O5. The van der Waals surface area contributed by atoms with E-state index < -0.39 is 4.92 Å². The van der Waals surface area contributed by atoms with Crippen LogP contribution < -0.4 is 9.64 Å². The van der Waals surface area contributed by atoms with Crippen LogP contribution in [0.3, 0.4) is 0 Å². The summed E-state index contributed by atoms with van der Waals surface area (Å²) in [7, 11) is 0. The number of hydrogen-bond acceptors (Lipinski definition) is 6. The van der Waals surface area contributed by atoms with Gasteiger partial charge in [0.05, 0.1) is 18.1 Å². The van der Waals surface area contributed by atoms with Crippen molar-refractivity contribution in [1.29, 1.82) is 0 Å². The summed E-state index contributed by atoms with van der Waals surface area (Å²) in [4.78, 5) is 12.7. The van der Waals surface area contributed by atoms with Gasteiger partial charge in [0.1, 0.15) is 5.75 Å². The van der Waals surface area contributed by atoms with E-state index in [1.165, 1.54) is 12.1 Å². The third kappa shape index (κ3) is 3.47. The summed E-state index contributed by atoms with van der Waals surface area (Å²) < 4.78 is 10.8. The number of ether oxygens (including phenoxy) is 2. The molecule has 2 aromatic rings. The van der Waals surface area contributed by atoms with Crippen molar-refractivity contribution in [3.8, 4) is 5.75 Å². The van der Waals surface area contributed by atoms with Gasteiger partial charge in [-0.05, 0) is 12.1 Å². The van der Waals surface area contributed by atoms with Gasteiger partial charge in [0.15, 0.2) is 6.79 Å². The van der Waals surface area contributed by atoms with E-state index in [0.717, 1.165) is 5.69 Å². The first kappa shape index (κ1) is 16.2. The van der Waals surface area contributed by atoms with E-state index in [-0.39, 0.29) is 25.7 Å². The predicted molar refractivity (Wildman–Crippen MR) is 88.0 cm³/mol. The van der Waals surface area contributed by atoms with Crippen molar-refractivity contribution in [2.75, 3.05) is 24.8 Å². The highest BCUT2D eigenvalue weighted by Crippen LogP contribution is 2.34. The highest BCUT2D eigenvalue weighted by Gasteiger charge is 2.22. The van der Waals surface area contributed by atoms with Crippen LogP contribution in [0.1, 0.15) is 11.1 Å². The number of anilines is 1. The van der Waals surface area contributed by atoms with Gasteiger partial charge >= 0.3 is 0 Å². The smallest absolute Gasteiger partial charge is 0.270 e. The summed E-state index contributed by atoms with van der Waals surface area (Å²) >= 11 is 0. The van der Waals surface area contributed by atoms with E-state index in [2.05, 4.69) is 0 Å². The number of hydrogen-bond donors (Lipinski definition) is 1. The molecule has 0 radical (unpaired) electrons. The summed E-state index contributed by atoms with van der Waals surface area (Å²) in [6.45, 7) is 1.21.